The summed E-state index contributed by atoms with van der Waals surface area (Å²) < 4.78 is 0. The molecule has 0 aliphatic rings. The van der Waals surface area contributed by atoms with Crippen LogP contribution in [-0.2, 0) is 0 Å². The summed E-state index contributed by atoms with van der Waals surface area (Å²) in [6, 6.07) is 10.8. The van der Waals surface area contributed by atoms with Crippen LogP contribution in [0, 0.1) is 11.3 Å². The second kappa shape index (κ2) is 9.55. The summed E-state index contributed by atoms with van der Waals surface area (Å²) in [5.41, 5.74) is 1.96. The van der Waals surface area contributed by atoms with E-state index in [1.54, 1.807) is 0 Å². The molecule has 0 spiro atoms. The molecule has 0 radical (unpaired) electrons. The average Bonchev–Trinajstić information content (AvgIpc) is 2.51. The van der Waals surface area contributed by atoms with Crippen molar-refractivity contribution in [2.75, 3.05) is 19.6 Å². The molecule has 3 nitrogen and oxygen atoms in total. The lowest BCUT2D eigenvalue weighted by Gasteiger charge is -2.22. The Labute approximate surface area is 130 Å². The van der Waals surface area contributed by atoms with Gasteiger partial charge in [-0.05, 0) is 64.0 Å². The highest BCUT2D eigenvalue weighted by atomic mass is 15.1. The molecule has 0 aliphatic heterocycles. The molecule has 0 heterocycles. The van der Waals surface area contributed by atoms with E-state index in [1.165, 1.54) is 24.9 Å². The summed E-state index contributed by atoms with van der Waals surface area (Å²) in [7, 11) is 0. The smallest absolute Gasteiger partial charge is 0.0991 e. The molecule has 0 aliphatic carbocycles. The Hall–Kier alpha value is -1.37. The predicted molar refractivity (Wildman–Crippen MR) is 89.2 cm³/mol. The van der Waals surface area contributed by atoms with E-state index in [-0.39, 0.29) is 0 Å². The maximum Gasteiger partial charge on any atom is 0.0991 e. The summed E-state index contributed by atoms with van der Waals surface area (Å²) in [5, 5.41) is 12.5. The summed E-state index contributed by atoms with van der Waals surface area (Å²) in [5.74, 6) is 0. The molecule has 1 rings (SSSR count). The van der Waals surface area contributed by atoms with E-state index in [9.17, 15) is 0 Å². The van der Waals surface area contributed by atoms with Gasteiger partial charge in [0.2, 0.25) is 0 Å². The Kier molecular flexibility index (Phi) is 8.04. The Morgan fingerprint density at radius 1 is 1.14 bits per heavy atom. The van der Waals surface area contributed by atoms with Crippen LogP contribution in [-0.4, -0.2) is 30.6 Å². The quantitative estimate of drug-likeness (QED) is 0.752. The lowest BCUT2D eigenvalue weighted by Crippen LogP contribution is -2.30. The van der Waals surface area contributed by atoms with Gasteiger partial charge < -0.3 is 10.2 Å². The Balaban J connectivity index is 2.36. The molecule has 1 aromatic rings. The molecule has 2 unspecified atom stereocenters. The summed E-state index contributed by atoms with van der Waals surface area (Å²) in [6.45, 7) is 12.3. The van der Waals surface area contributed by atoms with E-state index < -0.39 is 0 Å². The molecule has 0 amide bonds. The van der Waals surface area contributed by atoms with Crippen LogP contribution < -0.4 is 5.32 Å². The van der Waals surface area contributed by atoms with Gasteiger partial charge in [-0.15, -0.1) is 0 Å². The molecule has 0 aromatic heterocycles. The fourth-order valence-electron chi connectivity index (χ4n) is 2.61. The molecule has 0 fully saturated rings. The standard InChI is InChI=1S/C18H29N3/c1-5-21(6-2)13-7-8-15(3)20-16(4)18-11-9-17(14-19)10-12-18/h9-12,15-16,20H,5-8,13H2,1-4H3. The molecule has 1 aromatic carbocycles. The van der Waals surface area contributed by atoms with Crippen molar-refractivity contribution >= 4 is 0 Å². The number of nitriles is 1. The molecule has 3 heteroatoms. The van der Waals surface area contributed by atoms with E-state index in [0.29, 0.717) is 12.1 Å². The molecule has 1 N–H and O–H groups in total. The first-order valence-electron chi connectivity index (χ1n) is 8.09. The fraction of sp³-hybridized carbons (Fsp3) is 0.611. The third-order valence-electron chi connectivity index (χ3n) is 4.08. The van der Waals surface area contributed by atoms with Crippen molar-refractivity contribution in [2.24, 2.45) is 0 Å². The third-order valence-corrected chi connectivity index (χ3v) is 4.08. The maximum atomic E-state index is 8.83. The van der Waals surface area contributed by atoms with Crippen LogP contribution in [0.1, 0.15) is 57.7 Å². The van der Waals surface area contributed by atoms with Gasteiger partial charge in [0.05, 0.1) is 11.6 Å². The third kappa shape index (κ3) is 6.29. The fourth-order valence-corrected chi connectivity index (χ4v) is 2.61. The summed E-state index contributed by atoms with van der Waals surface area (Å²) >= 11 is 0. The molecule has 0 bridgehead atoms. The van der Waals surface area contributed by atoms with E-state index >= 15 is 0 Å². The van der Waals surface area contributed by atoms with Crippen LogP contribution >= 0.6 is 0 Å². The monoisotopic (exact) mass is 287 g/mol. The number of benzene rings is 1. The van der Waals surface area contributed by atoms with Crippen molar-refractivity contribution in [1.82, 2.24) is 10.2 Å². The Morgan fingerprint density at radius 3 is 2.29 bits per heavy atom. The van der Waals surface area contributed by atoms with Gasteiger partial charge in [0.25, 0.3) is 0 Å². The minimum atomic E-state index is 0.321. The van der Waals surface area contributed by atoms with Gasteiger partial charge in [-0.2, -0.15) is 5.26 Å². The highest BCUT2D eigenvalue weighted by Gasteiger charge is 2.10. The number of hydrogen-bond donors (Lipinski definition) is 1. The van der Waals surface area contributed by atoms with E-state index in [1.807, 2.05) is 24.3 Å². The lowest BCUT2D eigenvalue weighted by atomic mass is 10.0. The van der Waals surface area contributed by atoms with Crippen molar-refractivity contribution in [2.45, 2.75) is 52.6 Å². The normalized spacial score (nSPS) is 13.9. The van der Waals surface area contributed by atoms with Crippen LogP contribution in [0.2, 0.25) is 0 Å². The zero-order valence-electron chi connectivity index (χ0n) is 13.9. The molecule has 116 valence electrons. The lowest BCUT2D eigenvalue weighted by molar-refractivity contribution is 0.288. The van der Waals surface area contributed by atoms with Crippen LogP contribution in [0.5, 0.6) is 0 Å². The van der Waals surface area contributed by atoms with Gasteiger partial charge >= 0.3 is 0 Å². The average molecular weight is 287 g/mol. The Bertz CT molecular complexity index is 429. The zero-order valence-corrected chi connectivity index (χ0v) is 13.9. The number of nitrogens with one attached hydrogen (secondary N) is 1. The molecular formula is C18H29N3. The minimum Gasteiger partial charge on any atom is -0.308 e. The SMILES string of the molecule is CCN(CC)CCCC(C)NC(C)c1ccc(C#N)cc1. The first-order valence-corrected chi connectivity index (χ1v) is 8.09. The second-order valence-electron chi connectivity index (χ2n) is 5.69. The van der Waals surface area contributed by atoms with Gasteiger partial charge in [-0.3, -0.25) is 0 Å². The first kappa shape index (κ1) is 17.7. The summed E-state index contributed by atoms with van der Waals surface area (Å²) in [6.07, 6.45) is 2.42. The van der Waals surface area contributed by atoms with Crippen molar-refractivity contribution in [3.63, 3.8) is 0 Å². The van der Waals surface area contributed by atoms with Gasteiger partial charge in [0.15, 0.2) is 0 Å². The van der Waals surface area contributed by atoms with Gasteiger partial charge in [0, 0.05) is 12.1 Å². The molecule has 0 saturated carbocycles. The Morgan fingerprint density at radius 2 is 1.76 bits per heavy atom. The highest BCUT2D eigenvalue weighted by Crippen LogP contribution is 2.15. The number of hydrogen-bond acceptors (Lipinski definition) is 3. The van der Waals surface area contributed by atoms with Crippen molar-refractivity contribution in [3.8, 4) is 6.07 Å². The predicted octanol–water partition coefficient (Wildman–Crippen LogP) is 3.72. The maximum absolute atomic E-state index is 8.83. The van der Waals surface area contributed by atoms with Crippen LogP contribution in [0.25, 0.3) is 0 Å². The molecular weight excluding hydrogens is 258 g/mol. The molecule has 21 heavy (non-hydrogen) atoms. The molecule has 0 saturated heterocycles. The second-order valence-corrected chi connectivity index (χ2v) is 5.69. The number of rotatable bonds is 9. The van der Waals surface area contributed by atoms with Crippen molar-refractivity contribution < 1.29 is 0 Å². The zero-order chi connectivity index (χ0) is 15.7. The van der Waals surface area contributed by atoms with Crippen LogP contribution in [0.3, 0.4) is 0 Å². The van der Waals surface area contributed by atoms with Gasteiger partial charge in [-0.1, -0.05) is 26.0 Å². The van der Waals surface area contributed by atoms with E-state index in [0.717, 1.165) is 18.7 Å². The minimum absolute atomic E-state index is 0.321. The van der Waals surface area contributed by atoms with Gasteiger partial charge in [0.1, 0.15) is 0 Å². The van der Waals surface area contributed by atoms with E-state index in [2.05, 4.69) is 44.0 Å². The number of nitrogens with zero attached hydrogens (tertiary/aromatic N) is 2. The molecule has 2 atom stereocenters. The van der Waals surface area contributed by atoms with Crippen LogP contribution in [0.15, 0.2) is 24.3 Å². The highest BCUT2D eigenvalue weighted by molar-refractivity contribution is 5.32. The van der Waals surface area contributed by atoms with Crippen LogP contribution in [0.4, 0.5) is 0 Å². The van der Waals surface area contributed by atoms with Crippen molar-refractivity contribution in [3.05, 3.63) is 35.4 Å². The van der Waals surface area contributed by atoms with E-state index in [4.69, 9.17) is 5.26 Å². The van der Waals surface area contributed by atoms with Crippen molar-refractivity contribution in [1.29, 1.82) is 5.26 Å². The largest absolute Gasteiger partial charge is 0.308 e. The van der Waals surface area contributed by atoms with Gasteiger partial charge in [-0.25, -0.2) is 0 Å². The summed E-state index contributed by atoms with van der Waals surface area (Å²) in [4.78, 5) is 2.47. The first-order chi connectivity index (χ1) is 10.1. The topological polar surface area (TPSA) is 39.1 Å².